The molecule has 0 heterocycles. The zero-order valence-electron chi connectivity index (χ0n) is 8.97. The number of nitrogens with zero attached hydrogens (tertiary/aromatic N) is 2. The second-order valence-electron chi connectivity index (χ2n) is 3.04. The number of hydrogen-bond donors (Lipinski definition) is 1. The zero-order chi connectivity index (χ0) is 11.1. The minimum Gasteiger partial charge on any atom is -0.357 e. The maximum absolute atomic E-state index is 5.14. The van der Waals surface area contributed by atoms with Crippen LogP contribution in [0.5, 0.6) is 0 Å². The Bertz CT molecular complexity index is 335. The summed E-state index contributed by atoms with van der Waals surface area (Å²) in [6.45, 7) is 2.58. The lowest BCUT2D eigenvalue weighted by Crippen LogP contribution is -2.33. The third-order valence-corrected chi connectivity index (χ3v) is 2.28. The van der Waals surface area contributed by atoms with Gasteiger partial charge < -0.3 is 5.32 Å². The van der Waals surface area contributed by atoms with E-state index in [2.05, 4.69) is 22.6 Å². The van der Waals surface area contributed by atoms with Crippen molar-refractivity contribution in [3.05, 3.63) is 35.9 Å². The van der Waals surface area contributed by atoms with E-state index in [-0.39, 0.29) is 0 Å². The highest BCUT2D eigenvalue weighted by Crippen LogP contribution is 1.97. The van der Waals surface area contributed by atoms with Crippen molar-refractivity contribution >= 4 is 23.5 Å². The number of nitrogens with one attached hydrogen (secondary N) is 1. The van der Waals surface area contributed by atoms with Gasteiger partial charge in [-0.05, 0) is 24.7 Å². The average molecular weight is 221 g/mol. The maximum Gasteiger partial charge on any atom is 0.189 e. The zero-order valence-corrected chi connectivity index (χ0v) is 9.79. The topological polar surface area (TPSA) is 27.6 Å². The number of benzene rings is 1. The number of rotatable bonds is 3. The summed E-state index contributed by atoms with van der Waals surface area (Å²) >= 11 is 5.14. The lowest BCUT2D eigenvalue weighted by Gasteiger charge is -2.15. The van der Waals surface area contributed by atoms with Crippen molar-refractivity contribution in [2.45, 2.75) is 13.5 Å². The Kier molecular flexibility index (Phi) is 4.77. The van der Waals surface area contributed by atoms with E-state index in [9.17, 15) is 0 Å². The highest BCUT2D eigenvalue weighted by atomic mass is 32.1. The first kappa shape index (κ1) is 11.7. The normalized spacial score (nSPS) is 10.3. The summed E-state index contributed by atoms with van der Waals surface area (Å²) in [4.78, 5) is 0. The molecule has 0 aliphatic heterocycles. The van der Waals surface area contributed by atoms with Crippen LogP contribution in [0.1, 0.15) is 12.5 Å². The van der Waals surface area contributed by atoms with E-state index in [4.69, 9.17) is 12.2 Å². The van der Waals surface area contributed by atoms with Crippen molar-refractivity contribution in [2.24, 2.45) is 5.10 Å². The Morgan fingerprint density at radius 1 is 1.47 bits per heavy atom. The molecule has 4 heteroatoms. The molecule has 1 rings (SSSR count). The van der Waals surface area contributed by atoms with Gasteiger partial charge in [-0.15, -0.1) is 0 Å². The van der Waals surface area contributed by atoms with Gasteiger partial charge in [-0.1, -0.05) is 30.3 Å². The van der Waals surface area contributed by atoms with E-state index in [1.54, 1.807) is 11.2 Å². The molecule has 0 fully saturated rings. The molecular formula is C11H15N3S. The molecule has 0 aliphatic rings. The summed E-state index contributed by atoms with van der Waals surface area (Å²) in [6, 6.07) is 10.1. The molecule has 15 heavy (non-hydrogen) atoms. The Morgan fingerprint density at radius 3 is 2.73 bits per heavy atom. The van der Waals surface area contributed by atoms with Gasteiger partial charge in [0.2, 0.25) is 0 Å². The molecular weight excluding hydrogens is 206 g/mol. The molecule has 80 valence electrons. The molecule has 0 amide bonds. The standard InChI is InChI=1S/C11H15N3S/c1-3-13-14(2)11(15)12-9-10-7-5-4-6-8-10/h3-8H,9H2,1-2H3,(H,12,15)/b13-3+. The van der Waals surface area contributed by atoms with Crippen LogP contribution < -0.4 is 5.32 Å². The van der Waals surface area contributed by atoms with Crippen molar-refractivity contribution in [2.75, 3.05) is 7.05 Å². The molecule has 0 radical (unpaired) electrons. The van der Waals surface area contributed by atoms with Gasteiger partial charge in [-0.25, -0.2) is 5.01 Å². The van der Waals surface area contributed by atoms with Gasteiger partial charge >= 0.3 is 0 Å². The first-order valence-electron chi connectivity index (χ1n) is 4.78. The highest BCUT2D eigenvalue weighted by molar-refractivity contribution is 7.80. The fraction of sp³-hybridized carbons (Fsp3) is 0.273. The van der Waals surface area contributed by atoms with Crippen LogP contribution in [0, 0.1) is 0 Å². The van der Waals surface area contributed by atoms with Gasteiger partial charge in [0.05, 0.1) is 0 Å². The van der Waals surface area contributed by atoms with Crippen LogP contribution in [-0.4, -0.2) is 23.4 Å². The maximum atomic E-state index is 5.14. The van der Waals surface area contributed by atoms with E-state index >= 15 is 0 Å². The van der Waals surface area contributed by atoms with Crippen molar-refractivity contribution in [3.8, 4) is 0 Å². The average Bonchev–Trinajstić information content (AvgIpc) is 2.27. The summed E-state index contributed by atoms with van der Waals surface area (Å²) in [5.74, 6) is 0. The second kappa shape index (κ2) is 6.14. The van der Waals surface area contributed by atoms with Gasteiger partial charge in [0.15, 0.2) is 5.11 Å². The third kappa shape index (κ3) is 4.08. The van der Waals surface area contributed by atoms with Crippen LogP contribution in [-0.2, 0) is 6.54 Å². The van der Waals surface area contributed by atoms with E-state index < -0.39 is 0 Å². The molecule has 1 aromatic rings. The first-order valence-corrected chi connectivity index (χ1v) is 5.19. The van der Waals surface area contributed by atoms with Crippen molar-refractivity contribution in [1.29, 1.82) is 0 Å². The van der Waals surface area contributed by atoms with Crippen molar-refractivity contribution in [3.63, 3.8) is 0 Å². The molecule has 3 nitrogen and oxygen atoms in total. The van der Waals surface area contributed by atoms with Gasteiger partial charge in [-0.3, -0.25) is 0 Å². The summed E-state index contributed by atoms with van der Waals surface area (Å²) in [7, 11) is 1.82. The minimum atomic E-state index is 0.622. The lowest BCUT2D eigenvalue weighted by molar-refractivity contribution is 0.531. The Hall–Kier alpha value is -1.42. The van der Waals surface area contributed by atoms with Gasteiger partial charge in [0, 0.05) is 19.8 Å². The fourth-order valence-electron chi connectivity index (χ4n) is 1.11. The molecule has 0 saturated carbocycles. The van der Waals surface area contributed by atoms with Crippen LogP contribution in [0.15, 0.2) is 35.4 Å². The fourth-order valence-corrected chi connectivity index (χ4v) is 1.23. The van der Waals surface area contributed by atoms with Crippen LogP contribution in [0.2, 0.25) is 0 Å². The van der Waals surface area contributed by atoms with Gasteiger partial charge in [-0.2, -0.15) is 5.10 Å². The third-order valence-electron chi connectivity index (χ3n) is 1.87. The van der Waals surface area contributed by atoms with E-state index in [0.717, 1.165) is 6.54 Å². The van der Waals surface area contributed by atoms with Crippen molar-refractivity contribution in [1.82, 2.24) is 10.3 Å². The Labute approximate surface area is 95.8 Å². The largest absolute Gasteiger partial charge is 0.357 e. The van der Waals surface area contributed by atoms with E-state index in [1.807, 2.05) is 32.2 Å². The van der Waals surface area contributed by atoms with Crippen LogP contribution in [0.4, 0.5) is 0 Å². The highest BCUT2D eigenvalue weighted by Gasteiger charge is 2.00. The molecule has 0 aromatic heterocycles. The summed E-state index contributed by atoms with van der Waals surface area (Å²) in [6.07, 6.45) is 1.70. The molecule has 1 N–H and O–H groups in total. The number of hydrazone groups is 1. The van der Waals surface area contributed by atoms with E-state index in [0.29, 0.717) is 5.11 Å². The van der Waals surface area contributed by atoms with Gasteiger partial charge in [0.25, 0.3) is 0 Å². The Balaban J connectivity index is 2.41. The molecule has 0 saturated heterocycles. The predicted molar refractivity (Wildman–Crippen MR) is 67.8 cm³/mol. The van der Waals surface area contributed by atoms with Crippen LogP contribution >= 0.6 is 12.2 Å². The molecule has 0 unspecified atom stereocenters. The SMILES string of the molecule is C/C=N/N(C)C(=S)NCc1ccccc1. The molecule has 1 aromatic carbocycles. The van der Waals surface area contributed by atoms with E-state index in [1.165, 1.54) is 5.56 Å². The monoisotopic (exact) mass is 221 g/mol. The minimum absolute atomic E-state index is 0.622. The van der Waals surface area contributed by atoms with Crippen LogP contribution in [0.3, 0.4) is 0 Å². The summed E-state index contributed by atoms with van der Waals surface area (Å²) < 4.78 is 0. The van der Waals surface area contributed by atoms with Crippen molar-refractivity contribution < 1.29 is 0 Å². The summed E-state index contributed by atoms with van der Waals surface area (Å²) in [5.41, 5.74) is 1.20. The molecule has 0 aliphatic carbocycles. The lowest BCUT2D eigenvalue weighted by atomic mass is 10.2. The quantitative estimate of drug-likeness (QED) is 0.480. The number of hydrogen-bond acceptors (Lipinski definition) is 2. The molecule has 0 atom stereocenters. The molecule has 0 bridgehead atoms. The number of thiocarbonyl (C=S) groups is 1. The predicted octanol–water partition coefficient (Wildman–Crippen LogP) is 2.00. The Morgan fingerprint density at radius 2 is 2.13 bits per heavy atom. The first-order chi connectivity index (χ1) is 7.24. The second-order valence-corrected chi connectivity index (χ2v) is 3.43. The van der Waals surface area contributed by atoms with Crippen LogP contribution in [0.25, 0.3) is 0 Å². The molecule has 0 spiro atoms. The summed E-state index contributed by atoms with van der Waals surface area (Å²) in [5, 5.41) is 9.43. The van der Waals surface area contributed by atoms with Gasteiger partial charge in [0.1, 0.15) is 0 Å². The smallest absolute Gasteiger partial charge is 0.189 e.